The summed E-state index contributed by atoms with van der Waals surface area (Å²) in [5, 5.41) is 3.64. The van der Waals surface area contributed by atoms with Crippen molar-refractivity contribution in [1.82, 2.24) is 0 Å². The Balaban J connectivity index is 0.000000183. The number of anilines is 2. The second kappa shape index (κ2) is 33.8. The van der Waals surface area contributed by atoms with Crippen LogP contribution in [0.4, 0.5) is 59.7 Å². The number of carbonyl (C=O) groups excluding carboxylic acids is 2. The summed E-state index contributed by atoms with van der Waals surface area (Å²) >= 11 is 0. The van der Waals surface area contributed by atoms with Gasteiger partial charge in [0.1, 0.15) is 34.6 Å². The smallest absolute Gasteiger partial charge is 0.460 e. The molecular formula is C100H79F11N2O10. The van der Waals surface area contributed by atoms with Crippen LogP contribution >= 0.6 is 0 Å². The number of hydrogen-bond acceptors (Lipinski definition) is 12. The molecule has 0 radical (unpaired) electrons. The summed E-state index contributed by atoms with van der Waals surface area (Å²) in [5.74, 6) is -20.3. The zero-order valence-corrected chi connectivity index (χ0v) is 66.8. The number of alkyl halides is 9. The molecule has 13 aromatic carbocycles. The average Bonchev–Trinajstić information content (AvgIpc) is 0.939. The summed E-state index contributed by atoms with van der Waals surface area (Å²) in [6.45, 7) is 4.18. The van der Waals surface area contributed by atoms with Crippen LogP contribution in [0.15, 0.2) is 273 Å². The molecule has 0 aliphatic carbocycles. The van der Waals surface area contributed by atoms with Crippen molar-refractivity contribution in [2.75, 3.05) is 64.4 Å². The van der Waals surface area contributed by atoms with Crippen LogP contribution in [0, 0.1) is 11.6 Å². The minimum Gasteiger partial charge on any atom is -0.493 e. The van der Waals surface area contributed by atoms with Gasteiger partial charge in [-0.05, 0) is 213 Å². The van der Waals surface area contributed by atoms with Gasteiger partial charge in [-0.15, -0.1) is 0 Å². The highest BCUT2D eigenvalue weighted by Crippen LogP contribution is 2.56. The molecule has 0 amide bonds. The highest BCUT2D eigenvalue weighted by molar-refractivity contribution is 6.07. The van der Waals surface area contributed by atoms with Crippen LogP contribution in [-0.4, -0.2) is 90.5 Å². The third kappa shape index (κ3) is 16.1. The molecular weight excluding hydrogens is 1600 g/mol. The van der Waals surface area contributed by atoms with E-state index in [2.05, 4.69) is 113 Å². The Bertz CT molecular complexity index is 6140. The minimum absolute atomic E-state index is 0.209. The second-order valence-corrected chi connectivity index (χ2v) is 30.3. The molecule has 4 aliphatic rings. The number of carbonyl (C=O) groups is 2. The van der Waals surface area contributed by atoms with Crippen molar-refractivity contribution in [2.45, 2.75) is 73.7 Å². The largest absolute Gasteiger partial charge is 0.493 e. The lowest BCUT2D eigenvalue weighted by atomic mass is 9.82. The van der Waals surface area contributed by atoms with Gasteiger partial charge in [0.25, 0.3) is 0 Å². The van der Waals surface area contributed by atoms with Crippen LogP contribution in [0.5, 0.6) is 46.0 Å². The summed E-state index contributed by atoms with van der Waals surface area (Å²) in [4.78, 5) is 29.6. The molecule has 2 unspecified atom stereocenters. The van der Waals surface area contributed by atoms with E-state index in [1.165, 1.54) is 42.8 Å². The summed E-state index contributed by atoms with van der Waals surface area (Å²) in [6, 6.07) is 80.6. The Morgan fingerprint density at radius 2 is 0.748 bits per heavy atom. The van der Waals surface area contributed by atoms with E-state index < -0.39 is 71.6 Å². The fourth-order valence-electron chi connectivity index (χ4n) is 16.3. The van der Waals surface area contributed by atoms with Gasteiger partial charge >= 0.3 is 35.9 Å². The van der Waals surface area contributed by atoms with E-state index in [0.29, 0.717) is 45.9 Å². The quantitative estimate of drug-likeness (QED) is 0.0366. The van der Waals surface area contributed by atoms with Gasteiger partial charge in [-0.2, -0.15) is 39.5 Å². The summed E-state index contributed by atoms with van der Waals surface area (Å²) < 4.78 is 194. The average molecular weight is 1680 g/mol. The Morgan fingerprint density at radius 1 is 0.390 bits per heavy atom. The number of halogens is 11. The van der Waals surface area contributed by atoms with Crippen molar-refractivity contribution in [3.05, 3.63) is 324 Å². The second-order valence-electron chi connectivity index (χ2n) is 30.3. The number of nitrogens with zero attached hydrogens (tertiary/aromatic N) is 2. The number of fused-ring (bicyclic) bond motifs is 6. The third-order valence-corrected chi connectivity index (χ3v) is 23.0. The fraction of sp³-hybridized carbons (Fsp3) is 0.200. The van der Waals surface area contributed by atoms with E-state index in [0.717, 1.165) is 151 Å². The molecule has 4 heterocycles. The lowest BCUT2D eigenvalue weighted by molar-refractivity contribution is -0.396. The first-order valence-electron chi connectivity index (χ1n) is 39.8. The van der Waals surface area contributed by atoms with Crippen molar-refractivity contribution in [2.24, 2.45) is 0 Å². The van der Waals surface area contributed by atoms with Crippen molar-refractivity contribution < 1.29 is 95.8 Å². The van der Waals surface area contributed by atoms with Gasteiger partial charge in [-0.1, -0.05) is 158 Å². The van der Waals surface area contributed by atoms with Gasteiger partial charge in [-0.25, -0.2) is 13.6 Å². The number of esters is 2. The molecule has 0 N–H and O–H groups in total. The number of ether oxygens (including phenoxy) is 8. The maximum absolute atomic E-state index is 14.2. The minimum atomic E-state index is -7.04. The standard InChI is InChI=1S/C50H40F9NO5.C50H39F2NO5/c1-62-43-29-40-38-22-24-46(34-8-4-3-5-9-34,35-16-18-36(19-17-35)60-26-6-7-27-60)65-42(38)28-39(41(40)30-44(43)63-2)33-12-10-31(11-13-33)32-14-20-37(21-15-32)64-45(61)23-25-47(51,52)48(53,54)49(55,56)50(57,58)59;1-55-47-30-43-40-24-25-50(35-8-4-3-5-9-35,36-16-19-38(20-17-36)53-26-6-7-27-53)58-46(40)29-42(44(43)31-48(47)56-2)34-12-10-32(11-13-34)33-14-21-39(22-15-33)57-49(54)41-23-18-37(51)28-45(41)52/h3-5,8-22,24,28-30H,6-7,23,25-27H2,1-2H3;3-5,8-25,28-31H,6-7,26-27H2,1-2H3. The predicted octanol–water partition coefficient (Wildman–Crippen LogP) is 24.9. The van der Waals surface area contributed by atoms with Crippen LogP contribution in [0.3, 0.4) is 0 Å². The SMILES string of the molecule is COc1cc2c(-c3ccc(-c4ccc(OC(=O)CCC(F)(F)C(F)(F)C(F)(F)C(F)(F)F)cc4)cc3)cc3c(c2cc1OC)C=CC(c1ccccc1)(c1ccc(N2CCCC2)cc1)O3.COc1cc2c(-c3ccc(-c4ccc(OC(=O)c5ccc(F)cc5F)cc4)cc3)cc3c(c2cc1OC)C=CC(c1ccccc1)(c1ccc(N2CCCC2)cc1)O3. The van der Waals surface area contributed by atoms with E-state index in [4.69, 9.17) is 37.9 Å². The van der Waals surface area contributed by atoms with E-state index in [1.807, 2.05) is 127 Å². The van der Waals surface area contributed by atoms with Gasteiger partial charge in [0.2, 0.25) is 0 Å². The first-order chi connectivity index (χ1) is 59.2. The number of hydrogen-bond donors (Lipinski definition) is 0. The van der Waals surface area contributed by atoms with Crippen LogP contribution in [0.25, 0.3) is 78.2 Å². The first kappa shape index (κ1) is 83.1. The number of methoxy groups -OCH3 is 4. The Morgan fingerprint density at radius 3 is 1.12 bits per heavy atom. The van der Waals surface area contributed by atoms with Gasteiger partial charge in [-0.3, -0.25) is 4.79 Å². The zero-order chi connectivity index (χ0) is 86.2. The van der Waals surface area contributed by atoms with Gasteiger partial charge in [0, 0.05) is 83.4 Å². The molecule has 13 aromatic rings. The lowest BCUT2D eigenvalue weighted by Crippen LogP contribution is -2.60. The molecule has 17 rings (SSSR count). The Hall–Kier alpha value is -13.6. The molecule has 626 valence electrons. The molecule has 2 atom stereocenters. The Labute approximate surface area is 701 Å². The van der Waals surface area contributed by atoms with Gasteiger partial charge in [0.05, 0.1) is 40.4 Å². The van der Waals surface area contributed by atoms with Crippen molar-refractivity contribution >= 4 is 57.0 Å². The van der Waals surface area contributed by atoms with E-state index in [9.17, 15) is 57.9 Å². The number of rotatable bonds is 22. The number of benzene rings is 13. The lowest BCUT2D eigenvalue weighted by Gasteiger charge is -2.37. The van der Waals surface area contributed by atoms with Crippen LogP contribution in [-0.2, 0) is 16.0 Å². The van der Waals surface area contributed by atoms with Crippen molar-refractivity contribution in [3.8, 4) is 90.5 Å². The zero-order valence-electron chi connectivity index (χ0n) is 66.8. The van der Waals surface area contributed by atoms with Crippen LogP contribution in [0.2, 0.25) is 0 Å². The monoisotopic (exact) mass is 1680 g/mol. The molecule has 2 saturated heterocycles. The van der Waals surface area contributed by atoms with E-state index in [-0.39, 0.29) is 17.1 Å². The van der Waals surface area contributed by atoms with Crippen molar-refractivity contribution in [3.63, 3.8) is 0 Å². The third-order valence-electron chi connectivity index (χ3n) is 23.0. The predicted molar refractivity (Wildman–Crippen MR) is 452 cm³/mol. The van der Waals surface area contributed by atoms with Crippen molar-refractivity contribution in [1.29, 1.82) is 0 Å². The fourth-order valence-corrected chi connectivity index (χ4v) is 16.3. The van der Waals surface area contributed by atoms with Crippen LogP contribution in [0.1, 0.15) is 82.3 Å². The molecule has 4 aliphatic heterocycles. The first-order valence-corrected chi connectivity index (χ1v) is 39.8. The maximum atomic E-state index is 14.2. The Kier molecular flexibility index (Phi) is 22.8. The molecule has 123 heavy (non-hydrogen) atoms. The summed E-state index contributed by atoms with van der Waals surface area (Å²) in [6.07, 6.45) is 2.39. The molecule has 23 heteroatoms. The van der Waals surface area contributed by atoms with E-state index in [1.54, 1.807) is 40.6 Å². The molecule has 12 nitrogen and oxygen atoms in total. The van der Waals surface area contributed by atoms with Gasteiger partial charge in [0.15, 0.2) is 34.2 Å². The molecule has 0 spiro atoms. The molecule has 2 fully saturated rings. The van der Waals surface area contributed by atoms with Crippen LogP contribution < -0.4 is 47.7 Å². The summed E-state index contributed by atoms with van der Waals surface area (Å²) in [7, 11) is 6.40. The molecule has 0 bridgehead atoms. The highest BCUT2D eigenvalue weighted by atomic mass is 19.4. The topological polar surface area (TPSA) is 114 Å². The summed E-state index contributed by atoms with van der Waals surface area (Å²) in [5.41, 5.74) is 12.6. The molecule has 0 saturated carbocycles. The van der Waals surface area contributed by atoms with Gasteiger partial charge < -0.3 is 47.7 Å². The highest BCUT2D eigenvalue weighted by Gasteiger charge is 2.81. The molecule has 0 aromatic heterocycles. The van der Waals surface area contributed by atoms with E-state index >= 15 is 0 Å². The maximum Gasteiger partial charge on any atom is 0.460 e. The normalized spacial score (nSPS) is 16.2.